The molecule has 1 aromatic heterocycles. The number of nitrogens with zero attached hydrogens (tertiary/aromatic N) is 1. The molecule has 3 aromatic rings. The summed E-state index contributed by atoms with van der Waals surface area (Å²) in [5.74, 6) is -1.04. The van der Waals surface area contributed by atoms with Crippen LogP contribution in [0.2, 0.25) is 0 Å². The van der Waals surface area contributed by atoms with Crippen LogP contribution < -0.4 is 16.1 Å². The number of rotatable bonds is 2. The number of aromatic nitrogens is 2. The molecule has 0 saturated carbocycles. The average molecular weight is 336 g/mol. The SMILES string of the molecule is C=c1[nH]n(C(=O)c2ccc(C)cc2)c(=O)c1=Cc1ccc(O)c(O)c1. The van der Waals surface area contributed by atoms with E-state index >= 15 is 0 Å². The fourth-order valence-electron chi connectivity index (χ4n) is 2.41. The Morgan fingerprint density at radius 2 is 1.80 bits per heavy atom. The highest BCUT2D eigenvalue weighted by Gasteiger charge is 2.13. The number of aryl methyl sites for hydroxylation is 1. The van der Waals surface area contributed by atoms with E-state index in [1.165, 1.54) is 24.3 Å². The Balaban J connectivity index is 2.10. The highest BCUT2D eigenvalue weighted by atomic mass is 16.3. The number of hydrogen-bond acceptors (Lipinski definition) is 4. The van der Waals surface area contributed by atoms with Gasteiger partial charge in [0.25, 0.3) is 11.5 Å². The van der Waals surface area contributed by atoms with Crippen molar-refractivity contribution in [1.82, 2.24) is 9.78 Å². The standard InChI is InChI=1S/C19H16N2O4/c1-11-3-6-14(7-4-11)18(24)21-19(25)15(12(2)20-21)9-13-5-8-16(22)17(23)10-13/h3-10,20,22-23H,2H2,1H3. The van der Waals surface area contributed by atoms with E-state index in [0.717, 1.165) is 10.2 Å². The molecule has 0 amide bonds. The summed E-state index contributed by atoms with van der Waals surface area (Å²) in [6, 6.07) is 11.0. The van der Waals surface area contributed by atoms with Crippen LogP contribution in [0.25, 0.3) is 12.7 Å². The molecule has 6 nitrogen and oxygen atoms in total. The van der Waals surface area contributed by atoms with Crippen LogP contribution in [0.5, 0.6) is 11.5 Å². The molecule has 25 heavy (non-hydrogen) atoms. The van der Waals surface area contributed by atoms with Crippen molar-refractivity contribution in [2.45, 2.75) is 6.92 Å². The normalized spacial score (nSPS) is 11.6. The number of nitrogens with one attached hydrogen (secondary N) is 1. The second kappa shape index (κ2) is 6.16. The van der Waals surface area contributed by atoms with Crippen LogP contribution in [0.1, 0.15) is 21.5 Å². The van der Waals surface area contributed by atoms with Gasteiger partial charge in [-0.1, -0.05) is 30.3 Å². The predicted molar refractivity (Wildman–Crippen MR) is 94.1 cm³/mol. The lowest BCUT2D eigenvalue weighted by Crippen LogP contribution is -2.36. The van der Waals surface area contributed by atoms with Crippen molar-refractivity contribution in [3.63, 3.8) is 0 Å². The second-order valence-electron chi connectivity index (χ2n) is 5.71. The maximum absolute atomic E-state index is 12.6. The van der Waals surface area contributed by atoms with Gasteiger partial charge in [0.1, 0.15) is 0 Å². The number of hydrogen-bond donors (Lipinski definition) is 3. The number of carbonyl (C=O) groups is 1. The molecule has 6 heteroatoms. The van der Waals surface area contributed by atoms with E-state index < -0.39 is 11.5 Å². The van der Waals surface area contributed by atoms with E-state index in [0.29, 0.717) is 11.1 Å². The van der Waals surface area contributed by atoms with Crippen LogP contribution in [0.4, 0.5) is 0 Å². The van der Waals surface area contributed by atoms with Crippen molar-refractivity contribution in [2.75, 3.05) is 0 Å². The van der Waals surface area contributed by atoms with Gasteiger partial charge in [0.2, 0.25) is 0 Å². The Labute approximate surface area is 142 Å². The first-order valence-corrected chi connectivity index (χ1v) is 7.52. The Morgan fingerprint density at radius 3 is 2.44 bits per heavy atom. The van der Waals surface area contributed by atoms with Crippen LogP contribution >= 0.6 is 0 Å². The van der Waals surface area contributed by atoms with E-state index in [4.69, 9.17) is 0 Å². The topological polar surface area (TPSA) is 95.3 Å². The van der Waals surface area contributed by atoms with E-state index in [-0.39, 0.29) is 22.1 Å². The first kappa shape index (κ1) is 16.3. The summed E-state index contributed by atoms with van der Waals surface area (Å²) in [6.07, 6.45) is 1.49. The van der Waals surface area contributed by atoms with Gasteiger partial charge in [0.15, 0.2) is 11.5 Å². The van der Waals surface area contributed by atoms with Crippen molar-refractivity contribution in [1.29, 1.82) is 0 Å². The minimum absolute atomic E-state index is 0.200. The maximum atomic E-state index is 12.6. The predicted octanol–water partition coefficient (Wildman–Crippen LogP) is 0.824. The summed E-state index contributed by atoms with van der Waals surface area (Å²) in [7, 11) is 0. The average Bonchev–Trinajstić information content (AvgIpc) is 2.86. The highest BCUT2D eigenvalue weighted by Crippen LogP contribution is 2.24. The Hall–Kier alpha value is -3.54. The third-order valence-corrected chi connectivity index (χ3v) is 3.82. The minimum Gasteiger partial charge on any atom is -0.504 e. The number of benzene rings is 2. The van der Waals surface area contributed by atoms with Gasteiger partial charge in [0.05, 0.1) is 10.6 Å². The molecule has 0 spiro atoms. The van der Waals surface area contributed by atoms with Crippen molar-refractivity contribution in [3.05, 3.63) is 80.1 Å². The summed E-state index contributed by atoms with van der Waals surface area (Å²) < 4.78 is 0.902. The van der Waals surface area contributed by atoms with Crippen molar-refractivity contribution in [2.24, 2.45) is 0 Å². The number of carbonyl (C=O) groups excluding carboxylic acids is 1. The molecule has 126 valence electrons. The molecule has 0 radical (unpaired) electrons. The van der Waals surface area contributed by atoms with Crippen LogP contribution in [-0.4, -0.2) is 25.9 Å². The van der Waals surface area contributed by atoms with Crippen molar-refractivity contribution >= 4 is 18.6 Å². The maximum Gasteiger partial charge on any atom is 0.281 e. The molecular weight excluding hydrogens is 320 g/mol. The van der Waals surface area contributed by atoms with E-state index in [1.807, 2.05) is 6.92 Å². The number of phenols is 2. The van der Waals surface area contributed by atoms with Gasteiger partial charge >= 0.3 is 0 Å². The third kappa shape index (κ3) is 3.10. The number of aromatic amines is 1. The molecular formula is C19H16N2O4. The number of H-pyrrole nitrogens is 1. The van der Waals surface area contributed by atoms with Gasteiger partial charge in [-0.2, -0.15) is 4.68 Å². The lowest BCUT2D eigenvalue weighted by Gasteiger charge is -2.00. The zero-order valence-electron chi connectivity index (χ0n) is 13.5. The molecule has 3 N–H and O–H groups in total. The lowest BCUT2D eigenvalue weighted by molar-refractivity contribution is 0.0941. The Kier molecular flexibility index (Phi) is 4.02. The quantitative estimate of drug-likeness (QED) is 0.604. The van der Waals surface area contributed by atoms with Gasteiger partial charge in [-0.05, 0) is 42.8 Å². The fourth-order valence-corrected chi connectivity index (χ4v) is 2.41. The summed E-state index contributed by atoms with van der Waals surface area (Å²) >= 11 is 0. The fraction of sp³-hybridized carbons (Fsp3) is 0.0526. The molecule has 0 aliphatic carbocycles. The van der Waals surface area contributed by atoms with Crippen LogP contribution in [0.3, 0.4) is 0 Å². The van der Waals surface area contributed by atoms with Crippen LogP contribution in [0, 0.1) is 6.92 Å². The monoisotopic (exact) mass is 336 g/mol. The van der Waals surface area contributed by atoms with Crippen molar-refractivity contribution in [3.8, 4) is 11.5 Å². The minimum atomic E-state index is -0.539. The molecule has 0 bridgehead atoms. The summed E-state index contributed by atoms with van der Waals surface area (Å²) in [5.41, 5.74) is 1.34. The molecule has 0 saturated heterocycles. The van der Waals surface area contributed by atoms with Gasteiger partial charge in [-0.15, -0.1) is 0 Å². The molecule has 3 rings (SSSR count). The van der Waals surface area contributed by atoms with E-state index in [1.54, 1.807) is 24.3 Å². The summed E-state index contributed by atoms with van der Waals surface area (Å²) in [4.78, 5) is 25.1. The highest BCUT2D eigenvalue weighted by molar-refractivity contribution is 5.95. The molecule has 0 fully saturated rings. The zero-order valence-corrected chi connectivity index (χ0v) is 13.5. The smallest absolute Gasteiger partial charge is 0.281 e. The molecule has 0 atom stereocenters. The number of phenolic OH excluding ortho intramolecular Hbond substituents is 2. The van der Waals surface area contributed by atoms with Gasteiger partial charge in [-0.25, -0.2) is 0 Å². The van der Waals surface area contributed by atoms with Crippen LogP contribution in [0.15, 0.2) is 47.3 Å². The first-order chi connectivity index (χ1) is 11.9. The Bertz CT molecular complexity index is 1120. The zero-order chi connectivity index (χ0) is 18.1. The second-order valence-corrected chi connectivity index (χ2v) is 5.71. The molecule has 0 aliphatic rings. The molecule has 1 heterocycles. The van der Waals surface area contributed by atoms with E-state index in [2.05, 4.69) is 11.7 Å². The summed E-state index contributed by atoms with van der Waals surface area (Å²) in [5, 5.41) is 22.0. The molecule has 0 unspecified atom stereocenters. The van der Waals surface area contributed by atoms with Crippen molar-refractivity contribution < 1.29 is 15.0 Å². The van der Waals surface area contributed by atoms with Gasteiger partial charge in [-0.3, -0.25) is 14.7 Å². The molecule has 0 aliphatic heterocycles. The largest absolute Gasteiger partial charge is 0.504 e. The molecule has 2 aromatic carbocycles. The van der Waals surface area contributed by atoms with Crippen LogP contribution in [-0.2, 0) is 0 Å². The summed E-state index contributed by atoms with van der Waals surface area (Å²) in [6.45, 7) is 5.66. The lowest BCUT2D eigenvalue weighted by atomic mass is 10.1. The first-order valence-electron chi connectivity index (χ1n) is 7.52. The van der Waals surface area contributed by atoms with Gasteiger partial charge < -0.3 is 10.2 Å². The Morgan fingerprint density at radius 1 is 1.12 bits per heavy atom. The number of aromatic hydroxyl groups is 2. The third-order valence-electron chi connectivity index (χ3n) is 3.82. The van der Waals surface area contributed by atoms with E-state index in [9.17, 15) is 19.8 Å². The van der Waals surface area contributed by atoms with Gasteiger partial charge in [0, 0.05) is 5.56 Å².